The van der Waals surface area contributed by atoms with Crippen LogP contribution in [0.25, 0.3) is 0 Å². The number of hydrogen-bond acceptors (Lipinski definition) is 5. The third-order valence-electron chi connectivity index (χ3n) is 4.42. The van der Waals surface area contributed by atoms with Crippen molar-refractivity contribution in [3.63, 3.8) is 0 Å². The van der Waals surface area contributed by atoms with E-state index in [4.69, 9.17) is 0 Å². The average molecular weight is 353 g/mol. The zero-order valence-electron chi connectivity index (χ0n) is 15.0. The molecule has 0 atom stereocenters. The fraction of sp³-hybridized carbons (Fsp3) is 0.368. The van der Waals surface area contributed by atoms with E-state index in [2.05, 4.69) is 25.7 Å². The van der Waals surface area contributed by atoms with Gasteiger partial charge in [0, 0.05) is 37.3 Å². The molecule has 3 rings (SSSR count). The Morgan fingerprint density at radius 2 is 1.73 bits per heavy atom. The van der Waals surface area contributed by atoms with Crippen molar-refractivity contribution in [2.24, 2.45) is 5.92 Å². The van der Waals surface area contributed by atoms with Gasteiger partial charge in [-0.25, -0.2) is 0 Å². The summed E-state index contributed by atoms with van der Waals surface area (Å²) in [6, 6.07) is 11.1. The van der Waals surface area contributed by atoms with Crippen molar-refractivity contribution in [3.05, 3.63) is 42.1 Å². The van der Waals surface area contributed by atoms with Crippen LogP contribution in [0, 0.1) is 12.8 Å². The quantitative estimate of drug-likeness (QED) is 0.882. The predicted octanol–water partition coefficient (Wildman–Crippen LogP) is 2.60. The molecule has 0 unspecified atom stereocenters. The van der Waals surface area contributed by atoms with Gasteiger partial charge in [0.25, 0.3) is 0 Å². The molecule has 0 saturated carbocycles. The van der Waals surface area contributed by atoms with E-state index >= 15 is 0 Å². The summed E-state index contributed by atoms with van der Waals surface area (Å²) in [5.41, 5.74) is 2.25. The number of nitrogens with zero attached hydrogens (tertiary/aromatic N) is 3. The minimum absolute atomic E-state index is 0.0135. The van der Waals surface area contributed by atoms with Gasteiger partial charge in [-0.15, -0.1) is 5.10 Å². The molecular weight excluding hydrogens is 330 g/mol. The van der Waals surface area contributed by atoms with E-state index in [1.165, 1.54) is 6.92 Å². The SMILES string of the molecule is CC(=O)Nc1cccc(NC(=O)C2CCN(c3ccc(C)nn3)CC2)c1. The van der Waals surface area contributed by atoms with Crippen LogP contribution in [0.5, 0.6) is 0 Å². The highest BCUT2D eigenvalue weighted by atomic mass is 16.2. The molecule has 1 aliphatic heterocycles. The van der Waals surface area contributed by atoms with E-state index in [0.717, 1.165) is 37.4 Å². The van der Waals surface area contributed by atoms with Crippen LogP contribution in [0.4, 0.5) is 17.2 Å². The van der Waals surface area contributed by atoms with Gasteiger partial charge >= 0.3 is 0 Å². The van der Waals surface area contributed by atoms with Crippen LogP contribution >= 0.6 is 0 Å². The molecule has 0 spiro atoms. The van der Waals surface area contributed by atoms with Crippen molar-refractivity contribution < 1.29 is 9.59 Å². The van der Waals surface area contributed by atoms with Gasteiger partial charge in [-0.2, -0.15) is 5.10 Å². The van der Waals surface area contributed by atoms with Crippen molar-refractivity contribution in [1.82, 2.24) is 10.2 Å². The Bertz CT molecular complexity index is 783. The first-order chi connectivity index (χ1) is 12.5. The average Bonchev–Trinajstić information content (AvgIpc) is 2.62. The van der Waals surface area contributed by atoms with Crippen molar-refractivity contribution in [2.45, 2.75) is 26.7 Å². The van der Waals surface area contributed by atoms with E-state index in [1.807, 2.05) is 25.1 Å². The number of nitrogens with one attached hydrogen (secondary N) is 2. The van der Waals surface area contributed by atoms with Crippen LogP contribution in [-0.4, -0.2) is 35.1 Å². The topological polar surface area (TPSA) is 87.2 Å². The molecule has 0 bridgehead atoms. The first-order valence-electron chi connectivity index (χ1n) is 8.75. The van der Waals surface area contributed by atoms with Crippen LogP contribution in [-0.2, 0) is 9.59 Å². The maximum Gasteiger partial charge on any atom is 0.227 e. The number of benzene rings is 1. The summed E-state index contributed by atoms with van der Waals surface area (Å²) < 4.78 is 0. The Hall–Kier alpha value is -2.96. The molecule has 2 aromatic rings. The highest BCUT2D eigenvalue weighted by molar-refractivity contribution is 5.94. The Balaban J connectivity index is 1.55. The number of rotatable bonds is 4. The fourth-order valence-corrected chi connectivity index (χ4v) is 3.05. The number of carbonyl (C=O) groups excluding carboxylic acids is 2. The number of aromatic nitrogens is 2. The molecule has 7 nitrogen and oxygen atoms in total. The van der Waals surface area contributed by atoms with E-state index in [1.54, 1.807) is 18.2 Å². The number of hydrogen-bond donors (Lipinski definition) is 2. The summed E-state index contributed by atoms with van der Waals surface area (Å²) in [5.74, 6) is 0.700. The summed E-state index contributed by atoms with van der Waals surface area (Å²) >= 11 is 0. The zero-order chi connectivity index (χ0) is 18.5. The van der Waals surface area contributed by atoms with Gasteiger partial charge in [-0.05, 0) is 50.1 Å². The molecule has 7 heteroatoms. The number of anilines is 3. The smallest absolute Gasteiger partial charge is 0.227 e. The molecule has 2 amide bonds. The molecule has 1 aromatic heterocycles. The lowest BCUT2D eigenvalue weighted by Gasteiger charge is -2.31. The first-order valence-corrected chi connectivity index (χ1v) is 8.75. The van der Waals surface area contributed by atoms with E-state index < -0.39 is 0 Å². The summed E-state index contributed by atoms with van der Waals surface area (Å²) in [6.07, 6.45) is 1.54. The Morgan fingerprint density at radius 1 is 1.04 bits per heavy atom. The molecule has 1 aliphatic rings. The molecule has 0 aliphatic carbocycles. The van der Waals surface area contributed by atoms with Crippen LogP contribution in [0.3, 0.4) is 0 Å². The normalized spacial score (nSPS) is 14.8. The summed E-state index contributed by atoms with van der Waals surface area (Å²) in [7, 11) is 0. The second kappa shape index (κ2) is 7.95. The molecule has 26 heavy (non-hydrogen) atoms. The van der Waals surface area contributed by atoms with Crippen molar-refractivity contribution in [1.29, 1.82) is 0 Å². The maximum atomic E-state index is 12.5. The van der Waals surface area contributed by atoms with Crippen molar-refractivity contribution >= 4 is 29.0 Å². The van der Waals surface area contributed by atoms with Gasteiger partial charge < -0.3 is 15.5 Å². The maximum absolute atomic E-state index is 12.5. The highest BCUT2D eigenvalue weighted by Crippen LogP contribution is 2.23. The molecule has 1 aromatic carbocycles. The summed E-state index contributed by atoms with van der Waals surface area (Å²) in [5, 5.41) is 14.0. The zero-order valence-corrected chi connectivity index (χ0v) is 15.0. The fourth-order valence-electron chi connectivity index (χ4n) is 3.05. The third kappa shape index (κ3) is 4.56. The van der Waals surface area contributed by atoms with Gasteiger partial charge in [0.2, 0.25) is 11.8 Å². The Kier molecular flexibility index (Phi) is 5.46. The highest BCUT2D eigenvalue weighted by Gasteiger charge is 2.25. The third-order valence-corrected chi connectivity index (χ3v) is 4.42. The molecular formula is C19H23N5O2. The number of carbonyl (C=O) groups is 2. The summed E-state index contributed by atoms with van der Waals surface area (Å²) in [6.45, 7) is 4.93. The molecule has 136 valence electrons. The van der Waals surface area contributed by atoms with Crippen molar-refractivity contribution in [2.75, 3.05) is 28.6 Å². The van der Waals surface area contributed by atoms with Gasteiger partial charge in [-0.3, -0.25) is 9.59 Å². The van der Waals surface area contributed by atoms with Crippen LogP contribution in [0.1, 0.15) is 25.5 Å². The molecule has 0 radical (unpaired) electrons. The number of piperidine rings is 1. The number of aryl methyl sites for hydroxylation is 1. The second-order valence-electron chi connectivity index (χ2n) is 6.55. The molecule has 2 N–H and O–H groups in total. The predicted molar refractivity (Wildman–Crippen MR) is 101 cm³/mol. The monoisotopic (exact) mass is 353 g/mol. The van der Waals surface area contributed by atoms with Gasteiger partial charge in [0.1, 0.15) is 0 Å². The first kappa shape index (κ1) is 17.8. The van der Waals surface area contributed by atoms with E-state index in [0.29, 0.717) is 11.4 Å². The van der Waals surface area contributed by atoms with Gasteiger partial charge in [0.05, 0.1) is 5.69 Å². The van der Waals surface area contributed by atoms with Gasteiger partial charge in [-0.1, -0.05) is 6.07 Å². The van der Waals surface area contributed by atoms with Crippen molar-refractivity contribution in [3.8, 4) is 0 Å². The number of amides is 2. The van der Waals surface area contributed by atoms with Gasteiger partial charge in [0.15, 0.2) is 5.82 Å². The Morgan fingerprint density at radius 3 is 2.35 bits per heavy atom. The molecule has 1 fully saturated rings. The minimum atomic E-state index is -0.139. The minimum Gasteiger partial charge on any atom is -0.355 e. The van der Waals surface area contributed by atoms with Crippen LogP contribution in [0.2, 0.25) is 0 Å². The lowest BCUT2D eigenvalue weighted by Crippen LogP contribution is -2.38. The lowest BCUT2D eigenvalue weighted by molar-refractivity contribution is -0.120. The Labute approximate surface area is 152 Å². The molecule has 1 saturated heterocycles. The standard InChI is InChI=1S/C19H23N5O2/c1-13-6-7-18(23-22-13)24-10-8-15(9-11-24)19(26)21-17-5-3-4-16(12-17)20-14(2)25/h3-7,12,15H,8-11H2,1-2H3,(H,20,25)(H,21,26). The van der Waals surface area contributed by atoms with E-state index in [-0.39, 0.29) is 17.7 Å². The van der Waals surface area contributed by atoms with E-state index in [9.17, 15) is 9.59 Å². The largest absolute Gasteiger partial charge is 0.355 e. The second-order valence-corrected chi connectivity index (χ2v) is 6.55. The van der Waals surface area contributed by atoms with Crippen LogP contribution in [0.15, 0.2) is 36.4 Å². The van der Waals surface area contributed by atoms with Crippen LogP contribution < -0.4 is 15.5 Å². The lowest BCUT2D eigenvalue weighted by atomic mass is 9.96. The molecule has 2 heterocycles. The summed E-state index contributed by atoms with van der Waals surface area (Å²) in [4.78, 5) is 25.9.